The van der Waals surface area contributed by atoms with Gasteiger partial charge in [-0.3, -0.25) is 9.52 Å². The zero-order valence-electron chi connectivity index (χ0n) is 17.4. The van der Waals surface area contributed by atoms with Gasteiger partial charge in [-0.1, -0.05) is 11.6 Å². The Hall–Kier alpha value is -4.03. The van der Waals surface area contributed by atoms with E-state index in [-0.39, 0.29) is 21.4 Å². The summed E-state index contributed by atoms with van der Waals surface area (Å²) in [6, 6.07) is 12.7. The third-order valence-electron chi connectivity index (χ3n) is 4.52. The Labute approximate surface area is 198 Å². The number of fused-ring (bicyclic) bond motifs is 1. The number of aromatic nitrogens is 3. The van der Waals surface area contributed by atoms with Crippen molar-refractivity contribution in [1.82, 2.24) is 15.2 Å². The number of ether oxygens (including phenoxy) is 1. The Morgan fingerprint density at radius 2 is 1.82 bits per heavy atom. The van der Waals surface area contributed by atoms with Crippen LogP contribution in [0.25, 0.3) is 11.1 Å². The van der Waals surface area contributed by atoms with Crippen LogP contribution >= 0.6 is 11.6 Å². The molecule has 1 unspecified atom stereocenters. The average molecular weight is 502 g/mol. The number of nitrogens with one attached hydrogen (secondary N) is 2. The fraction of sp³-hybridized carbons (Fsp3) is 0.0952. The first-order valence-corrected chi connectivity index (χ1v) is 11.5. The van der Waals surface area contributed by atoms with Crippen LogP contribution in [0.3, 0.4) is 0 Å². The molecule has 0 bridgehead atoms. The highest BCUT2D eigenvalue weighted by Gasteiger charge is 2.20. The van der Waals surface area contributed by atoms with E-state index in [9.17, 15) is 18.0 Å². The lowest BCUT2D eigenvalue weighted by Gasteiger charge is -2.14. The molecule has 4 aromatic rings. The normalized spacial score (nSPS) is 12.2. The molecular formula is C21H16ClN5O6S. The summed E-state index contributed by atoms with van der Waals surface area (Å²) in [7, 11) is -3.94. The van der Waals surface area contributed by atoms with E-state index >= 15 is 0 Å². The van der Waals surface area contributed by atoms with E-state index in [0.29, 0.717) is 16.8 Å². The maximum absolute atomic E-state index is 12.5. The molecule has 0 aliphatic heterocycles. The number of esters is 1. The van der Waals surface area contributed by atoms with Crippen molar-refractivity contribution in [3.8, 4) is 0 Å². The summed E-state index contributed by atoms with van der Waals surface area (Å²) in [5.41, 5.74) is 1.51. The lowest BCUT2D eigenvalue weighted by molar-refractivity contribution is -0.123. The van der Waals surface area contributed by atoms with Gasteiger partial charge in [0.2, 0.25) is 0 Å². The van der Waals surface area contributed by atoms with Crippen LogP contribution in [0, 0.1) is 0 Å². The quantitative estimate of drug-likeness (QED) is 0.363. The number of hydrogen-bond donors (Lipinski definition) is 2. The van der Waals surface area contributed by atoms with Crippen molar-refractivity contribution in [2.45, 2.75) is 17.9 Å². The van der Waals surface area contributed by atoms with Crippen molar-refractivity contribution < 1.29 is 27.2 Å². The molecule has 0 radical (unpaired) electrons. The molecule has 2 N–H and O–H groups in total. The number of rotatable bonds is 7. The summed E-state index contributed by atoms with van der Waals surface area (Å²) in [5.74, 6) is -1.31. The molecule has 1 amide bonds. The van der Waals surface area contributed by atoms with Gasteiger partial charge in [-0.2, -0.15) is 0 Å². The molecule has 174 valence electrons. The maximum atomic E-state index is 12.5. The molecule has 0 aliphatic carbocycles. The maximum Gasteiger partial charge on any atom is 0.339 e. The molecular weight excluding hydrogens is 486 g/mol. The number of amides is 1. The molecule has 0 saturated heterocycles. The first kappa shape index (κ1) is 23.1. The molecule has 2 aromatic heterocycles. The molecule has 0 saturated carbocycles. The van der Waals surface area contributed by atoms with Crippen molar-refractivity contribution in [2.75, 3.05) is 10.0 Å². The van der Waals surface area contributed by atoms with Gasteiger partial charge in [-0.05, 0) is 61.5 Å². The van der Waals surface area contributed by atoms with Crippen molar-refractivity contribution >= 4 is 56.1 Å². The van der Waals surface area contributed by atoms with Gasteiger partial charge in [0.1, 0.15) is 5.52 Å². The monoisotopic (exact) mass is 501 g/mol. The Bertz CT molecular complexity index is 1460. The van der Waals surface area contributed by atoms with Crippen LogP contribution in [0.5, 0.6) is 0 Å². The predicted molar refractivity (Wildman–Crippen MR) is 122 cm³/mol. The summed E-state index contributed by atoms with van der Waals surface area (Å²) in [5, 5.41) is 9.90. The van der Waals surface area contributed by atoms with Crippen LogP contribution in [-0.2, 0) is 19.6 Å². The molecule has 0 aliphatic rings. The van der Waals surface area contributed by atoms with Gasteiger partial charge in [0, 0.05) is 5.69 Å². The van der Waals surface area contributed by atoms with Gasteiger partial charge in [-0.25, -0.2) is 18.2 Å². The number of carbonyl (C=O) groups excluding carboxylic acids is 2. The standard InChI is InChI=1S/C21H16ClN5O6S/c1-12(33-21(29)13-2-7-16-17(10-13)32-11-23-16)20(28)24-14-3-5-15(6-4-14)34(30,31)27-19-9-8-18(22)25-26-19/h2-12H,1H3,(H,24,28)(H,26,27). The third-order valence-corrected chi connectivity index (χ3v) is 6.10. The molecule has 34 heavy (non-hydrogen) atoms. The molecule has 2 heterocycles. The van der Waals surface area contributed by atoms with E-state index in [1.54, 1.807) is 6.07 Å². The first-order valence-electron chi connectivity index (χ1n) is 9.68. The van der Waals surface area contributed by atoms with Gasteiger partial charge in [0.25, 0.3) is 15.9 Å². The van der Waals surface area contributed by atoms with Crippen LogP contribution in [0.1, 0.15) is 17.3 Å². The number of halogens is 1. The second-order valence-corrected chi connectivity index (χ2v) is 9.01. The van der Waals surface area contributed by atoms with E-state index in [4.69, 9.17) is 20.8 Å². The minimum absolute atomic E-state index is 0.000111. The van der Waals surface area contributed by atoms with Crippen LogP contribution in [0.4, 0.5) is 11.5 Å². The van der Waals surface area contributed by atoms with E-state index in [0.717, 1.165) is 0 Å². The topological polar surface area (TPSA) is 153 Å². The number of sulfonamides is 1. The highest BCUT2D eigenvalue weighted by atomic mass is 35.5. The van der Waals surface area contributed by atoms with Crippen LogP contribution in [0.15, 0.2) is 70.3 Å². The Balaban J connectivity index is 1.36. The first-order chi connectivity index (χ1) is 16.2. The number of benzene rings is 2. The Morgan fingerprint density at radius 1 is 1.06 bits per heavy atom. The van der Waals surface area contributed by atoms with Gasteiger partial charge in [0.15, 0.2) is 29.1 Å². The number of hydrogen-bond acceptors (Lipinski definition) is 9. The molecule has 0 spiro atoms. The van der Waals surface area contributed by atoms with Gasteiger partial charge < -0.3 is 14.5 Å². The molecule has 13 heteroatoms. The predicted octanol–water partition coefficient (Wildman–Crippen LogP) is 3.26. The minimum Gasteiger partial charge on any atom is -0.449 e. The number of oxazole rings is 1. The number of nitrogens with zero attached hydrogens (tertiary/aromatic N) is 3. The fourth-order valence-electron chi connectivity index (χ4n) is 2.79. The fourth-order valence-corrected chi connectivity index (χ4v) is 3.89. The number of anilines is 2. The highest BCUT2D eigenvalue weighted by molar-refractivity contribution is 7.92. The van der Waals surface area contributed by atoms with E-state index in [1.165, 1.54) is 61.8 Å². The summed E-state index contributed by atoms with van der Waals surface area (Å²) in [6.07, 6.45) is 0.139. The lowest BCUT2D eigenvalue weighted by atomic mass is 10.2. The average Bonchev–Trinajstić information content (AvgIpc) is 3.28. The van der Waals surface area contributed by atoms with Gasteiger partial charge in [-0.15, -0.1) is 10.2 Å². The molecule has 2 aromatic carbocycles. The highest BCUT2D eigenvalue weighted by Crippen LogP contribution is 2.19. The van der Waals surface area contributed by atoms with Crippen LogP contribution < -0.4 is 10.0 Å². The summed E-state index contributed by atoms with van der Waals surface area (Å²) < 4.78 is 37.6. The van der Waals surface area contributed by atoms with Crippen molar-refractivity contribution in [1.29, 1.82) is 0 Å². The molecule has 0 fully saturated rings. The number of carbonyl (C=O) groups is 2. The molecule has 11 nitrogen and oxygen atoms in total. The van der Waals surface area contributed by atoms with Crippen molar-refractivity contribution in [3.05, 3.63) is 71.7 Å². The Kier molecular flexibility index (Phi) is 6.43. The largest absolute Gasteiger partial charge is 0.449 e. The van der Waals surface area contributed by atoms with Crippen molar-refractivity contribution in [3.63, 3.8) is 0 Å². The summed E-state index contributed by atoms with van der Waals surface area (Å²) in [6.45, 7) is 1.41. The lowest BCUT2D eigenvalue weighted by Crippen LogP contribution is -2.30. The molecule has 1 atom stereocenters. The van der Waals surface area contributed by atoms with E-state index in [1.807, 2.05) is 0 Å². The van der Waals surface area contributed by atoms with E-state index < -0.39 is 28.0 Å². The SMILES string of the molecule is CC(OC(=O)c1ccc2ncoc2c1)C(=O)Nc1ccc(S(=O)(=O)Nc2ccc(Cl)nn2)cc1. The zero-order chi connectivity index (χ0) is 24.3. The zero-order valence-corrected chi connectivity index (χ0v) is 19.0. The van der Waals surface area contributed by atoms with Gasteiger partial charge >= 0.3 is 5.97 Å². The second-order valence-electron chi connectivity index (χ2n) is 6.94. The molecule has 4 rings (SSSR count). The van der Waals surface area contributed by atoms with E-state index in [2.05, 4.69) is 25.2 Å². The van der Waals surface area contributed by atoms with Crippen molar-refractivity contribution in [2.24, 2.45) is 0 Å². The summed E-state index contributed by atoms with van der Waals surface area (Å²) >= 11 is 5.64. The second kappa shape index (κ2) is 9.45. The minimum atomic E-state index is -3.94. The smallest absolute Gasteiger partial charge is 0.339 e. The summed E-state index contributed by atoms with van der Waals surface area (Å²) in [4.78, 5) is 28.7. The van der Waals surface area contributed by atoms with Gasteiger partial charge in [0.05, 0.1) is 10.5 Å². The third kappa shape index (κ3) is 5.30. The van der Waals surface area contributed by atoms with Crippen LogP contribution in [-0.4, -0.2) is 41.6 Å². The Morgan fingerprint density at radius 3 is 2.53 bits per heavy atom. The van der Waals surface area contributed by atoms with Crippen LogP contribution in [0.2, 0.25) is 5.15 Å².